The highest BCUT2D eigenvalue weighted by Crippen LogP contribution is 2.38. The number of anilines is 3. The molecule has 0 spiro atoms. The molecule has 1 amide bonds. The molecule has 1 unspecified atom stereocenters. The number of pyridine rings is 2. The van der Waals surface area contributed by atoms with Crippen molar-refractivity contribution in [3.8, 4) is 17.6 Å². The minimum absolute atomic E-state index is 0.137. The number of amides is 1. The summed E-state index contributed by atoms with van der Waals surface area (Å²) in [5.41, 5.74) is 4.38. The van der Waals surface area contributed by atoms with E-state index in [0.717, 1.165) is 30.7 Å². The number of hydrogen-bond donors (Lipinski definition) is 3. The Hall–Kier alpha value is -4.69. The minimum atomic E-state index is -0.252. The Morgan fingerprint density at radius 2 is 2.14 bits per heavy atom. The maximum absolute atomic E-state index is 13.0. The summed E-state index contributed by atoms with van der Waals surface area (Å²) in [4.78, 5) is 21.8. The fourth-order valence-corrected chi connectivity index (χ4v) is 5.19. The minimum Gasteiger partial charge on any atom is -0.486 e. The van der Waals surface area contributed by atoms with Crippen LogP contribution < -0.4 is 25.4 Å². The van der Waals surface area contributed by atoms with Crippen molar-refractivity contribution in [1.29, 1.82) is 5.26 Å². The smallest absolute Gasteiger partial charge is 0.248 e. The SMILES string of the molecule is N#Cc1cnc2cc(OC3CCOC3)c(NC(=O)/C=C3/CCNC3)cc2c1Nc1ccc(OCc2ccccn2)c(Cl)c1. The largest absolute Gasteiger partial charge is 0.486 e. The molecule has 4 aromatic rings. The van der Waals surface area contributed by atoms with Crippen molar-refractivity contribution in [2.24, 2.45) is 0 Å². The average molecular weight is 597 g/mol. The molecule has 4 heterocycles. The quantitative estimate of drug-likeness (QED) is 0.214. The van der Waals surface area contributed by atoms with Crippen molar-refractivity contribution in [3.05, 3.63) is 88.9 Å². The van der Waals surface area contributed by atoms with E-state index in [0.29, 0.717) is 69.8 Å². The number of ether oxygens (including phenoxy) is 3. The first-order valence-electron chi connectivity index (χ1n) is 14.0. The second kappa shape index (κ2) is 13.1. The molecule has 0 bridgehead atoms. The molecule has 2 aromatic carbocycles. The number of halogens is 1. The molecular formula is C32H29ClN6O4. The van der Waals surface area contributed by atoms with Crippen LogP contribution in [-0.2, 0) is 16.1 Å². The number of carbonyl (C=O) groups is 1. The Balaban J connectivity index is 1.31. The molecule has 1 atom stereocenters. The van der Waals surface area contributed by atoms with Gasteiger partial charge in [-0.1, -0.05) is 17.7 Å². The number of nitriles is 1. The van der Waals surface area contributed by atoms with Gasteiger partial charge in [-0.3, -0.25) is 14.8 Å². The van der Waals surface area contributed by atoms with Crippen molar-refractivity contribution in [3.63, 3.8) is 0 Å². The molecule has 11 heteroatoms. The van der Waals surface area contributed by atoms with Crippen LogP contribution in [0.15, 0.2) is 72.6 Å². The van der Waals surface area contributed by atoms with E-state index < -0.39 is 0 Å². The third-order valence-electron chi connectivity index (χ3n) is 7.14. The van der Waals surface area contributed by atoms with Crippen LogP contribution in [0, 0.1) is 11.3 Å². The number of aromatic nitrogens is 2. The maximum Gasteiger partial charge on any atom is 0.248 e. The van der Waals surface area contributed by atoms with Gasteiger partial charge in [0.2, 0.25) is 5.91 Å². The lowest BCUT2D eigenvalue weighted by molar-refractivity contribution is -0.112. The maximum atomic E-state index is 13.0. The summed E-state index contributed by atoms with van der Waals surface area (Å²) in [6.07, 6.45) is 6.27. The lowest BCUT2D eigenvalue weighted by Crippen LogP contribution is -2.18. The van der Waals surface area contributed by atoms with Gasteiger partial charge < -0.3 is 30.2 Å². The fourth-order valence-electron chi connectivity index (χ4n) is 4.96. The van der Waals surface area contributed by atoms with Crippen molar-refractivity contribution < 1.29 is 19.0 Å². The van der Waals surface area contributed by atoms with E-state index in [1.807, 2.05) is 24.3 Å². The predicted octanol–water partition coefficient (Wildman–Crippen LogP) is 5.50. The van der Waals surface area contributed by atoms with Gasteiger partial charge in [0.1, 0.15) is 30.3 Å². The molecule has 43 heavy (non-hydrogen) atoms. The zero-order chi connectivity index (χ0) is 29.6. The molecule has 0 aliphatic carbocycles. The lowest BCUT2D eigenvalue weighted by Gasteiger charge is -2.19. The number of nitrogens with one attached hydrogen (secondary N) is 3. The van der Waals surface area contributed by atoms with Gasteiger partial charge in [-0.15, -0.1) is 0 Å². The summed E-state index contributed by atoms with van der Waals surface area (Å²) in [6.45, 7) is 2.90. The number of nitrogens with zero attached hydrogens (tertiary/aromatic N) is 3. The highest BCUT2D eigenvalue weighted by atomic mass is 35.5. The zero-order valence-electron chi connectivity index (χ0n) is 23.2. The lowest BCUT2D eigenvalue weighted by atomic mass is 10.1. The molecule has 218 valence electrons. The van der Waals surface area contributed by atoms with Crippen molar-refractivity contribution in [1.82, 2.24) is 15.3 Å². The van der Waals surface area contributed by atoms with Gasteiger partial charge >= 0.3 is 0 Å². The van der Waals surface area contributed by atoms with Crippen LogP contribution in [0.5, 0.6) is 11.5 Å². The Morgan fingerprint density at radius 1 is 1.21 bits per heavy atom. The number of rotatable bonds is 9. The molecule has 3 N–H and O–H groups in total. The van der Waals surface area contributed by atoms with Crippen LogP contribution in [0.25, 0.3) is 10.9 Å². The molecular weight excluding hydrogens is 568 g/mol. The fraction of sp³-hybridized carbons (Fsp3) is 0.250. The Labute approximate surface area is 253 Å². The van der Waals surface area contributed by atoms with E-state index >= 15 is 0 Å². The summed E-state index contributed by atoms with van der Waals surface area (Å²) in [5, 5.41) is 20.5. The highest BCUT2D eigenvalue weighted by molar-refractivity contribution is 6.32. The highest BCUT2D eigenvalue weighted by Gasteiger charge is 2.22. The standard InChI is InChI=1S/C32H29ClN6O4/c33-26-12-22(4-5-29(26)42-18-23-3-1-2-8-36-23)38-32-21(15-34)17-37-27-14-30(43-24-7-10-41-19-24)28(13-25(27)32)39-31(40)11-20-6-9-35-16-20/h1-5,8,11-14,17,24,35H,6-7,9-10,16,18-19H2,(H,37,38)(H,39,40)/b20-11-. The Kier molecular flexibility index (Phi) is 8.65. The second-order valence-corrected chi connectivity index (χ2v) is 10.6. The van der Waals surface area contributed by atoms with E-state index in [4.69, 9.17) is 25.8 Å². The van der Waals surface area contributed by atoms with Crippen LogP contribution in [0.1, 0.15) is 24.1 Å². The summed E-state index contributed by atoms with van der Waals surface area (Å²) in [5.74, 6) is 0.740. The molecule has 2 aliphatic heterocycles. The molecule has 0 saturated carbocycles. The zero-order valence-corrected chi connectivity index (χ0v) is 24.0. The molecule has 10 nitrogen and oxygen atoms in total. The molecule has 0 radical (unpaired) electrons. The normalized spacial score (nSPS) is 17.1. The molecule has 6 rings (SSSR count). The van der Waals surface area contributed by atoms with Gasteiger partial charge in [0.05, 0.1) is 46.4 Å². The van der Waals surface area contributed by atoms with Gasteiger partial charge in [0, 0.05) is 48.6 Å². The van der Waals surface area contributed by atoms with Crippen LogP contribution in [0.3, 0.4) is 0 Å². The van der Waals surface area contributed by atoms with E-state index in [1.54, 1.807) is 36.5 Å². The Bertz CT molecular complexity index is 1710. The topological polar surface area (TPSA) is 130 Å². The van der Waals surface area contributed by atoms with Gasteiger partial charge in [-0.05, 0) is 54.9 Å². The van der Waals surface area contributed by atoms with Crippen LogP contribution in [-0.4, -0.2) is 48.3 Å². The predicted molar refractivity (Wildman–Crippen MR) is 164 cm³/mol. The Morgan fingerprint density at radius 3 is 2.88 bits per heavy atom. The second-order valence-electron chi connectivity index (χ2n) is 10.2. The molecule has 2 fully saturated rings. The van der Waals surface area contributed by atoms with Crippen LogP contribution >= 0.6 is 11.6 Å². The third-order valence-corrected chi connectivity index (χ3v) is 7.44. The average Bonchev–Trinajstić information content (AvgIpc) is 3.73. The van der Waals surface area contributed by atoms with E-state index in [1.165, 1.54) is 6.20 Å². The van der Waals surface area contributed by atoms with E-state index in [2.05, 4.69) is 32.0 Å². The monoisotopic (exact) mass is 596 g/mol. The van der Waals surface area contributed by atoms with Gasteiger partial charge in [0.25, 0.3) is 0 Å². The van der Waals surface area contributed by atoms with Crippen LogP contribution in [0.2, 0.25) is 5.02 Å². The molecule has 2 aromatic heterocycles. The number of hydrogen-bond acceptors (Lipinski definition) is 9. The summed E-state index contributed by atoms with van der Waals surface area (Å²) in [6, 6.07) is 16.7. The first-order valence-corrected chi connectivity index (χ1v) is 14.3. The first-order chi connectivity index (χ1) is 21.1. The first kappa shape index (κ1) is 28.4. The van der Waals surface area contributed by atoms with Crippen molar-refractivity contribution in [2.75, 3.05) is 36.9 Å². The van der Waals surface area contributed by atoms with Gasteiger partial charge in [0.15, 0.2) is 0 Å². The molecule has 2 saturated heterocycles. The van der Waals surface area contributed by atoms with Crippen molar-refractivity contribution in [2.45, 2.75) is 25.6 Å². The van der Waals surface area contributed by atoms with E-state index in [-0.39, 0.29) is 18.6 Å². The summed E-state index contributed by atoms with van der Waals surface area (Å²) >= 11 is 6.56. The number of benzene rings is 2. The number of fused-ring (bicyclic) bond motifs is 1. The van der Waals surface area contributed by atoms with E-state index in [9.17, 15) is 10.1 Å². The summed E-state index contributed by atoms with van der Waals surface area (Å²) < 4.78 is 17.6. The molecule has 2 aliphatic rings. The number of carbonyl (C=O) groups excluding carboxylic acids is 1. The summed E-state index contributed by atoms with van der Waals surface area (Å²) in [7, 11) is 0. The van der Waals surface area contributed by atoms with Gasteiger partial charge in [-0.25, -0.2) is 0 Å². The van der Waals surface area contributed by atoms with Crippen molar-refractivity contribution >= 4 is 45.5 Å². The van der Waals surface area contributed by atoms with Crippen LogP contribution in [0.4, 0.5) is 17.1 Å². The third kappa shape index (κ3) is 6.87. The van der Waals surface area contributed by atoms with Gasteiger partial charge in [-0.2, -0.15) is 5.26 Å².